The smallest absolute Gasteiger partial charge is 0.406 e. The zero-order valence-electron chi connectivity index (χ0n) is 16.7. The minimum absolute atomic E-state index is 0.232. The Morgan fingerprint density at radius 2 is 1.76 bits per heavy atom. The monoisotopic (exact) mass is 494 g/mol. The zero-order valence-corrected chi connectivity index (χ0v) is 18.3. The van der Waals surface area contributed by atoms with Crippen molar-refractivity contribution in [3.8, 4) is 5.75 Å². The molecule has 0 amide bonds. The number of pyridine rings is 1. The first-order valence-corrected chi connectivity index (χ1v) is 10.4. The first-order chi connectivity index (χ1) is 15.7. The molecule has 1 N–H and O–H groups in total. The fourth-order valence-corrected chi connectivity index (χ4v) is 3.61. The number of halogens is 5. The lowest BCUT2D eigenvalue weighted by Crippen LogP contribution is -2.30. The molecule has 0 saturated heterocycles. The number of rotatable bonds is 4. The highest BCUT2D eigenvalue weighted by Crippen LogP contribution is 2.29. The number of benzene rings is 2. The van der Waals surface area contributed by atoms with E-state index >= 15 is 0 Å². The molecule has 0 aliphatic carbocycles. The fourth-order valence-electron chi connectivity index (χ4n) is 3.26. The Labute approximate surface area is 196 Å². The van der Waals surface area contributed by atoms with Crippen LogP contribution in [0.3, 0.4) is 0 Å². The van der Waals surface area contributed by atoms with Gasteiger partial charge in [-0.3, -0.25) is 4.98 Å². The van der Waals surface area contributed by atoms with Gasteiger partial charge in [-0.15, -0.1) is 13.2 Å². The van der Waals surface area contributed by atoms with E-state index in [0.29, 0.717) is 34.2 Å². The van der Waals surface area contributed by atoms with Crippen molar-refractivity contribution in [2.24, 2.45) is 5.10 Å². The number of hydrogen-bond acceptors (Lipinski definition) is 4. The molecule has 3 aromatic rings. The minimum atomic E-state index is -4.77. The summed E-state index contributed by atoms with van der Waals surface area (Å²) < 4.78 is 54.3. The largest absolute Gasteiger partial charge is 0.573 e. The molecule has 0 saturated carbocycles. The Morgan fingerprint density at radius 1 is 1.06 bits per heavy atom. The summed E-state index contributed by atoms with van der Waals surface area (Å²) in [5.74, 6) is -0.980. The molecule has 1 aromatic heterocycles. The molecular formula is C22H15ClF4N4OS. The normalized spacial score (nSPS) is 15.8. The number of nitrogens with zero attached hydrogens (tertiary/aromatic N) is 3. The van der Waals surface area contributed by atoms with Crippen molar-refractivity contribution in [2.45, 2.75) is 12.3 Å². The first kappa shape index (κ1) is 22.9. The summed E-state index contributed by atoms with van der Waals surface area (Å²) in [5, 5.41) is 9.83. The maximum absolute atomic E-state index is 13.4. The first-order valence-electron chi connectivity index (χ1n) is 9.58. The minimum Gasteiger partial charge on any atom is -0.406 e. The van der Waals surface area contributed by atoms with Gasteiger partial charge in [0.05, 0.1) is 28.9 Å². The number of aromatic nitrogens is 1. The van der Waals surface area contributed by atoms with Crippen molar-refractivity contribution in [3.05, 3.63) is 89.0 Å². The Kier molecular flexibility index (Phi) is 6.48. The van der Waals surface area contributed by atoms with Gasteiger partial charge in [0, 0.05) is 11.9 Å². The van der Waals surface area contributed by atoms with Gasteiger partial charge in [0.25, 0.3) is 0 Å². The van der Waals surface area contributed by atoms with E-state index in [4.69, 9.17) is 23.8 Å². The SMILES string of the molecule is Fc1ccc(C2=NN(C(=S)Nc3ccc(OC(F)(F)F)cc3)CC2c2ccc(Cl)cn2)cc1. The van der Waals surface area contributed by atoms with Crippen LogP contribution >= 0.6 is 23.8 Å². The third-order valence-electron chi connectivity index (χ3n) is 4.73. The van der Waals surface area contributed by atoms with E-state index in [1.165, 1.54) is 42.6 Å². The predicted octanol–water partition coefficient (Wildman–Crippen LogP) is 5.97. The lowest BCUT2D eigenvalue weighted by molar-refractivity contribution is -0.274. The standard InChI is InChI=1S/C22H15ClF4N4OS/c23-14-3-10-19(28-11-14)18-12-31(30-20(18)13-1-4-15(24)5-2-13)21(33)29-16-6-8-17(9-7-16)32-22(25,26)27/h1-11,18H,12H2,(H,29,33). The number of hydrogen-bond donors (Lipinski definition) is 1. The quantitative estimate of drug-likeness (QED) is 0.357. The number of hydrazone groups is 1. The molecule has 5 nitrogen and oxygen atoms in total. The molecule has 1 aliphatic heterocycles. The lowest BCUT2D eigenvalue weighted by Gasteiger charge is -2.18. The average molecular weight is 495 g/mol. The molecule has 170 valence electrons. The third-order valence-corrected chi connectivity index (χ3v) is 5.27. The van der Waals surface area contributed by atoms with Gasteiger partial charge >= 0.3 is 6.36 Å². The molecule has 11 heteroatoms. The molecule has 2 aromatic carbocycles. The van der Waals surface area contributed by atoms with Crippen molar-refractivity contribution < 1.29 is 22.3 Å². The molecule has 1 atom stereocenters. The molecule has 1 unspecified atom stereocenters. The summed E-state index contributed by atoms with van der Waals surface area (Å²) >= 11 is 11.4. The highest BCUT2D eigenvalue weighted by molar-refractivity contribution is 7.80. The van der Waals surface area contributed by atoms with Gasteiger partial charge in [-0.05, 0) is 66.3 Å². The molecule has 4 rings (SSSR count). The van der Waals surface area contributed by atoms with Gasteiger partial charge in [-0.2, -0.15) is 5.10 Å². The molecule has 33 heavy (non-hydrogen) atoms. The van der Waals surface area contributed by atoms with Crippen molar-refractivity contribution in [1.29, 1.82) is 0 Å². The molecule has 0 spiro atoms. The summed E-state index contributed by atoms with van der Waals surface area (Å²) in [6.07, 6.45) is -3.24. The van der Waals surface area contributed by atoms with Crippen LogP contribution in [-0.4, -0.2) is 33.7 Å². The van der Waals surface area contributed by atoms with E-state index in [0.717, 1.165) is 0 Å². The lowest BCUT2D eigenvalue weighted by atomic mass is 9.94. The maximum atomic E-state index is 13.4. The van der Waals surface area contributed by atoms with Crippen LogP contribution in [0.15, 0.2) is 72.0 Å². The van der Waals surface area contributed by atoms with Crippen molar-refractivity contribution in [3.63, 3.8) is 0 Å². The second-order valence-corrected chi connectivity index (χ2v) is 7.85. The average Bonchev–Trinajstić information content (AvgIpc) is 3.21. The van der Waals surface area contributed by atoms with Crippen LogP contribution in [0, 0.1) is 5.82 Å². The summed E-state index contributed by atoms with van der Waals surface area (Å²) in [4.78, 5) is 4.39. The third kappa shape index (κ3) is 5.77. The van der Waals surface area contributed by atoms with Crippen LogP contribution in [0.4, 0.5) is 23.2 Å². The van der Waals surface area contributed by atoms with Gasteiger partial charge in [0.1, 0.15) is 11.6 Å². The van der Waals surface area contributed by atoms with E-state index in [-0.39, 0.29) is 22.6 Å². The van der Waals surface area contributed by atoms with Crippen molar-refractivity contribution in [2.75, 3.05) is 11.9 Å². The fraction of sp³-hybridized carbons (Fsp3) is 0.136. The van der Waals surface area contributed by atoms with Gasteiger partial charge in [0.15, 0.2) is 5.11 Å². The Morgan fingerprint density at radius 3 is 2.36 bits per heavy atom. The Balaban J connectivity index is 1.55. The van der Waals surface area contributed by atoms with E-state index in [9.17, 15) is 17.6 Å². The summed E-state index contributed by atoms with van der Waals surface area (Å²) in [6, 6.07) is 14.6. The van der Waals surface area contributed by atoms with Crippen LogP contribution in [0.5, 0.6) is 5.75 Å². The summed E-state index contributed by atoms with van der Waals surface area (Å²) in [6.45, 7) is 0.350. The van der Waals surface area contributed by atoms with Crippen LogP contribution in [0.2, 0.25) is 5.02 Å². The molecular weight excluding hydrogens is 480 g/mol. The van der Waals surface area contributed by atoms with Crippen LogP contribution in [0.1, 0.15) is 17.2 Å². The number of alkyl halides is 3. The number of anilines is 1. The maximum Gasteiger partial charge on any atom is 0.573 e. The van der Waals surface area contributed by atoms with Crippen molar-refractivity contribution >= 4 is 40.3 Å². The van der Waals surface area contributed by atoms with Gasteiger partial charge in [0.2, 0.25) is 0 Å². The Hall–Kier alpha value is -3.24. The molecule has 0 fully saturated rings. The number of thiocarbonyl (C=S) groups is 1. The van der Waals surface area contributed by atoms with Gasteiger partial charge in [-0.1, -0.05) is 23.7 Å². The molecule has 0 radical (unpaired) electrons. The predicted molar refractivity (Wildman–Crippen MR) is 121 cm³/mol. The van der Waals surface area contributed by atoms with E-state index in [1.54, 1.807) is 29.3 Å². The van der Waals surface area contributed by atoms with Gasteiger partial charge < -0.3 is 10.1 Å². The van der Waals surface area contributed by atoms with Crippen molar-refractivity contribution in [1.82, 2.24) is 9.99 Å². The number of nitrogens with one attached hydrogen (secondary N) is 1. The van der Waals surface area contributed by atoms with E-state index in [2.05, 4.69) is 20.1 Å². The second-order valence-electron chi connectivity index (χ2n) is 7.03. The van der Waals surface area contributed by atoms with E-state index in [1.807, 2.05) is 0 Å². The van der Waals surface area contributed by atoms with E-state index < -0.39 is 6.36 Å². The van der Waals surface area contributed by atoms with Crippen LogP contribution in [-0.2, 0) is 0 Å². The highest BCUT2D eigenvalue weighted by Gasteiger charge is 2.33. The van der Waals surface area contributed by atoms with Crippen LogP contribution < -0.4 is 10.1 Å². The summed E-state index contributed by atoms with van der Waals surface area (Å²) in [5.41, 5.74) is 2.52. The van der Waals surface area contributed by atoms with Crippen LogP contribution in [0.25, 0.3) is 0 Å². The topological polar surface area (TPSA) is 49.8 Å². The summed E-state index contributed by atoms with van der Waals surface area (Å²) in [7, 11) is 0. The molecule has 2 heterocycles. The highest BCUT2D eigenvalue weighted by atomic mass is 35.5. The number of ether oxygens (including phenoxy) is 1. The molecule has 0 bridgehead atoms. The second kappa shape index (κ2) is 9.32. The van der Waals surface area contributed by atoms with Gasteiger partial charge in [-0.25, -0.2) is 9.40 Å². The molecule has 1 aliphatic rings. The zero-order chi connectivity index (χ0) is 23.6. The Bertz CT molecular complexity index is 1170.